The lowest BCUT2D eigenvalue weighted by atomic mass is 9.90. The molecule has 0 saturated carbocycles. The second-order valence-corrected chi connectivity index (χ2v) is 6.74. The first-order valence-corrected chi connectivity index (χ1v) is 8.65. The minimum atomic E-state index is -0.210. The molecule has 1 aliphatic rings. The molecule has 0 radical (unpaired) electrons. The van der Waals surface area contributed by atoms with E-state index in [2.05, 4.69) is 41.2 Å². The van der Waals surface area contributed by atoms with Gasteiger partial charge in [0, 0.05) is 38.8 Å². The third-order valence-corrected chi connectivity index (χ3v) is 5.06. The Hall–Kier alpha value is -2.14. The number of aromatic nitrogens is 2. The standard InChI is InChI=1S/C19H26N4O/c1-3-14-4-6-15(7-5-14)8-9-23-12-17(18(13-23)19(20)24)16-10-21-22(2)11-16/h4-7,10-11,17-18H,3,8-9,12-13H2,1-2H3,(H2,20,24)/t17-,18+/m1/s1. The van der Waals surface area contributed by atoms with E-state index in [0.29, 0.717) is 0 Å². The molecule has 5 heteroatoms. The molecule has 24 heavy (non-hydrogen) atoms. The average molecular weight is 326 g/mol. The molecule has 0 unspecified atom stereocenters. The number of carbonyl (C=O) groups is 1. The summed E-state index contributed by atoms with van der Waals surface area (Å²) in [5.74, 6) is -0.186. The Labute approximate surface area is 143 Å². The summed E-state index contributed by atoms with van der Waals surface area (Å²) in [6.07, 6.45) is 5.91. The van der Waals surface area contributed by atoms with Crippen LogP contribution in [0.3, 0.4) is 0 Å². The van der Waals surface area contributed by atoms with Crippen LogP contribution in [-0.2, 0) is 24.7 Å². The summed E-state index contributed by atoms with van der Waals surface area (Å²) < 4.78 is 1.78. The van der Waals surface area contributed by atoms with E-state index in [1.54, 1.807) is 4.68 Å². The summed E-state index contributed by atoms with van der Waals surface area (Å²) in [5.41, 5.74) is 9.45. The van der Waals surface area contributed by atoms with Gasteiger partial charge >= 0.3 is 0 Å². The number of hydrogen-bond acceptors (Lipinski definition) is 3. The highest BCUT2D eigenvalue weighted by Gasteiger charge is 2.37. The van der Waals surface area contributed by atoms with Gasteiger partial charge in [0.05, 0.1) is 12.1 Å². The van der Waals surface area contributed by atoms with E-state index in [0.717, 1.165) is 38.0 Å². The van der Waals surface area contributed by atoms with Crippen molar-refractivity contribution in [3.05, 3.63) is 53.3 Å². The molecular formula is C19H26N4O. The molecule has 0 spiro atoms. The minimum absolute atomic E-state index is 0.128. The van der Waals surface area contributed by atoms with Gasteiger partial charge < -0.3 is 10.6 Å². The quantitative estimate of drug-likeness (QED) is 0.879. The lowest BCUT2D eigenvalue weighted by Gasteiger charge is -2.15. The maximum absolute atomic E-state index is 11.9. The number of amides is 1. The van der Waals surface area contributed by atoms with Crippen molar-refractivity contribution >= 4 is 5.91 Å². The Morgan fingerprint density at radius 3 is 2.54 bits per heavy atom. The lowest BCUT2D eigenvalue weighted by molar-refractivity contribution is -0.121. The van der Waals surface area contributed by atoms with Crippen LogP contribution in [0.1, 0.15) is 29.5 Å². The third-order valence-electron chi connectivity index (χ3n) is 5.06. The molecule has 3 rings (SSSR count). The van der Waals surface area contributed by atoms with Gasteiger partial charge in [0.15, 0.2) is 0 Å². The molecule has 0 bridgehead atoms. The second-order valence-electron chi connectivity index (χ2n) is 6.74. The van der Waals surface area contributed by atoms with Gasteiger partial charge in [-0.3, -0.25) is 9.48 Å². The third kappa shape index (κ3) is 3.67. The summed E-state index contributed by atoms with van der Waals surface area (Å²) in [6, 6.07) is 8.81. The van der Waals surface area contributed by atoms with E-state index in [-0.39, 0.29) is 17.7 Å². The smallest absolute Gasteiger partial charge is 0.222 e. The Kier molecular flexibility index (Phi) is 5.00. The first-order valence-electron chi connectivity index (χ1n) is 8.65. The molecule has 1 fully saturated rings. The molecule has 2 atom stereocenters. The fraction of sp³-hybridized carbons (Fsp3) is 0.474. The highest BCUT2D eigenvalue weighted by Crippen LogP contribution is 2.32. The van der Waals surface area contributed by atoms with Crippen molar-refractivity contribution in [3.63, 3.8) is 0 Å². The topological polar surface area (TPSA) is 64.2 Å². The van der Waals surface area contributed by atoms with E-state index in [1.165, 1.54) is 11.1 Å². The van der Waals surface area contributed by atoms with Crippen molar-refractivity contribution < 1.29 is 4.79 Å². The van der Waals surface area contributed by atoms with Gasteiger partial charge in [-0.25, -0.2) is 0 Å². The monoisotopic (exact) mass is 326 g/mol. The second kappa shape index (κ2) is 7.18. The highest BCUT2D eigenvalue weighted by atomic mass is 16.1. The van der Waals surface area contributed by atoms with Crippen molar-refractivity contribution in [1.29, 1.82) is 0 Å². The van der Waals surface area contributed by atoms with Crippen LogP contribution in [0.25, 0.3) is 0 Å². The van der Waals surface area contributed by atoms with E-state index in [9.17, 15) is 4.79 Å². The Balaban J connectivity index is 1.63. The molecule has 1 amide bonds. The highest BCUT2D eigenvalue weighted by molar-refractivity contribution is 5.78. The number of carbonyl (C=O) groups excluding carboxylic acids is 1. The van der Waals surface area contributed by atoms with E-state index < -0.39 is 0 Å². The first-order chi connectivity index (χ1) is 11.6. The van der Waals surface area contributed by atoms with Gasteiger partial charge in [0.1, 0.15) is 0 Å². The molecule has 0 aliphatic carbocycles. The van der Waals surface area contributed by atoms with Crippen molar-refractivity contribution in [2.45, 2.75) is 25.7 Å². The molecule has 2 heterocycles. The zero-order valence-corrected chi connectivity index (χ0v) is 14.5. The molecule has 5 nitrogen and oxygen atoms in total. The molecular weight excluding hydrogens is 300 g/mol. The molecule has 128 valence electrons. The number of benzene rings is 1. The van der Waals surface area contributed by atoms with Gasteiger partial charge in [0.25, 0.3) is 0 Å². The van der Waals surface area contributed by atoms with E-state index in [4.69, 9.17) is 5.73 Å². The fourth-order valence-corrected chi connectivity index (χ4v) is 3.55. The number of hydrogen-bond donors (Lipinski definition) is 1. The fourth-order valence-electron chi connectivity index (χ4n) is 3.55. The minimum Gasteiger partial charge on any atom is -0.369 e. The largest absolute Gasteiger partial charge is 0.369 e. The SMILES string of the molecule is CCc1ccc(CCN2C[C@H](C(N)=O)[C@@H](c3cnn(C)c3)C2)cc1. The number of nitrogens with zero attached hydrogens (tertiary/aromatic N) is 3. The van der Waals surface area contributed by atoms with Crippen molar-refractivity contribution in [3.8, 4) is 0 Å². The first kappa shape index (κ1) is 16.7. The van der Waals surface area contributed by atoms with Gasteiger partial charge in [-0.15, -0.1) is 0 Å². The Bertz CT molecular complexity index is 692. The van der Waals surface area contributed by atoms with Crippen LogP contribution in [0.2, 0.25) is 0 Å². The van der Waals surface area contributed by atoms with Crippen molar-refractivity contribution in [1.82, 2.24) is 14.7 Å². The lowest BCUT2D eigenvalue weighted by Crippen LogP contribution is -2.29. The predicted octanol–water partition coefficient (Wildman–Crippen LogP) is 1.73. The normalized spacial score (nSPS) is 21.2. The van der Waals surface area contributed by atoms with E-state index >= 15 is 0 Å². The van der Waals surface area contributed by atoms with Crippen LogP contribution in [0, 0.1) is 5.92 Å². The molecule has 1 aromatic carbocycles. The zero-order chi connectivity index (χ0) is 17.1. The molecule has 2 aromatic rings. The molecule has 1 saturated heterocycles. The Morgan fingerprint density at radius 1 is 1.25 bits per heavy atom. The van der Waals surface area contributed by atoms with Gasteiger partial charge in [-0.2, -0.15) is 5.10 Å². The van der Waals surface area contributed by atoms with Crippen LogP contribution in [0.4, 0.5) is 0 Å². The summed E-state index contributed by atoms with van der Waals surface area (Å²) in [6.45, 7) is 4.72. The van der Waals surface area contributed by atoms with Crippen LogP contribution >= 0.6 is 0 Å². The number of rotatable bonds is 6. The van der Waals surface area contributed by atoms with Crippen molar-refractivity contribution in [2.75, 3.05) is 19.6 Å². The van der Waals surface area contributed by atoms with Crippen LogP contribution in [-0.4, -0.2) is 40.2 Å². The van der Waals surface area contributed by atoms with Gasteiger partial charge in [-0.05, 0) is 29.5 Å². The van der Waals surface area contributed by atoms with Gasteiger partial charge in [0.2, 0.25) is 5.91 Å². The number of aryl methyl sites for hydroxylation is 2. The van der Waals surface area contributed by atoms with Crippen LogP contribution in [0.15, 0.2) is 36.7 Å². The van der Waals surface area contributed by atoms with Crippen LogP contribution in [0.5, 0.6) is 0 Å². The number of nitrogens with two attached hydrogens (primary N) is 1. The summed E-state index contributed by atoms with van der Waals surface area (Å²) in [4.78, 5) is 14.2. The number of primary amides is 1. The maximum Gasteiger partial charge on any atom is 0.222 e. The maximum atomic E-state index is 11.9. The zero-order valence-electron chi connectivity index (χ0n) is 14.5. The summed E-state index contributed by atoms with van der Waals surface area (Å²) in [5, 5.41) is 4.24. The Morgan fingerprint density at radius 2 is 1.96 bits per heavy atom. The van der Waals surface area contributed by atoms with Crippen LogP contribution < -0.4 is 5.73 Å². The average Bonchev–Trinajstić information content (AvgIpc) is 3.19. The molecule has 1 aromatic heterocycles. The van der Waals surface area contributed by atoms with E-state index in [1.807, 2.05) is 19.4 Å². The summed E-state index contributed by atoms with van der Waals surface area (Å²) >= 11 is 0. The summed E-state index contributed by atoms with van der Waals surface area (Å²) in [7, 11) is 1.90. The molecule has 1 aliphatic heterocycles. The number of likely N-dealkylation sites (tertiary alicyclic amines) is 1. The van der Waals surface area contributed by atoms with Crippen molar-refractivity contribution in [2.24, 2.45) is 18.7 Å². The predicted molar refractivity (Wildman–Crippen MR) is 94.6 cm³/mol. The molecule has 2 N–H and O–H groups in total. The van der Waals surface area contributed by atoms with Gasteiger partial charge in [-0.1, -0.05) is 31.2 Å².